The Morgan fingerprint density at radius 3 is 3.06 bits per heavy atom. The van der Waals surface area contributed by atoms with Crippen LogP contribution >= 0.6 is 0 Å². The maximum atomic E-state index is 11.6. The molecule has 5 nitrogen and oxygen atoms in total. The van der Waals surface area contributed by atoms with E-state index in [9.17, 15) is 4.79 Å². The van der Waals surface area contributed by atoms with Crippen LogP contribution in [-0.2, 0) is 16.0 Å². The molecule has 0 aliphatic heterocycles. The van der Waals surface area contributed by atoms with E-state index in [1.165, 1.54) is 0 Å². The molecule has 5 heteroatoms. The monoisotopic (exact) mass is 251 g/mol. The van der Waals surface area contributed by atoms with Gasteiger partial charge in [-0.15, -0.1) is 0 Å². The quantitative estimate of drug-likeness (QED) is 0.659. The van der Waals surface area contributed by atoms with Crippen molar-refractivity contribution in [3.63, 3.8) is 0 Å². The average molecular weight is 251 g/mol. The number of nitrogens with zero attached hydrogens (tertiary/aromatic N) is 1. The molecule has 18 heavy (non-hydrogen) atoms. The number of hydrogen-bond acceptors (Lipinski definition) is 4. The highest BCUT2D eigenvalue weighted by Gasteiger charge is 2.11. The normalized spacial score (nSPS) is 12.1. The van der Waals surface area contributed by atoms with E-state index in [1.807, 2.05) is 18.2 Å². The van der Waals surface area contributed by atoms with Crippen molar-refractivity contribution in [2.45, 2.75) is 25.3 Å². The number of ether oxygens (including phenoxy) is 1. The zero-order valence-electron chi connectivity index (χ0n) is 10.8. The van der Waals surface area contributed by atoms with Crippen molar-refractivity contribution in [2.24, 2.45) is 5.73 Å². The number of pyridine rings is 1. The Balaban J connectivity index is 2.16. The second-order valence-electron chi connectivity index (χ2n) is 4.10. The molecule has 0 saturated carbocycles. The maximum Gasteiger partial charge on any atom is 0.236 e. The van der Waals surface area contributed by atoms with E-state index < -0.39 is 6.04 Å². The van der Waals surface area contributed by atoms with Crippen LogP contribution in [-0.4, -0.2) is 37.2 Å². The van der Waals surface area contributed by atoms with Gasteiger partial charge in [0.1, 0.15) is 0 Å². The summed E-state index contributed by atoms with van der Waals surface area (Å²) in [4.78, 5) is 15.8. The predicted octanol–water partition coefficient (Wildman–Crippen LogP) is 0.494. The predicted molar refractivity (Wildman–Crippen MR) is 70.0 cm³/mol. The van der Waals surface area contributed by atoms with Gasteiger partial charge in [0.25, 0.3) is 0 Å². The van der Waals surface area contributed by atoms with E-state index in [1.54, 1.807) is 13.3 Å². The first-order valence-corrected chi connectivity index (χ1v) is 6.16. The molecular weight excluding hydrogens is 230 g/mol. The van der Waals surface area contributed by atoms with E-state index in [2.05, 4.69) is 10.3 Å². The topological polar surface area (TPSA) is 77.2 Å². The van der Waals surface area contributed by atoms with Crippen LogP contribution in [0.4, 0.5) is 0 Å². The molecule has 1 atom stereocenters. The molecule has 0 fully saturated rings. The van der Waals surface area contributed by atoms with Gasteiger partial charge < -0.3 is 15.8 Å². The number of carbonyl (C=O) groups excluding carboxylic acids is 1. The third kappa shape index (κ3) is 5.75. The van der Waals surface area contributed by atoms with Gasteiger partial charge >= 0.3 is 0 Å². The van der Waals surface area contributed by atoms with Crippen molar-refractivity contribution in [1.82, 2.24) is 10.3 Å². The van der Waals surface area contributed by atoms with Crippen molar-refractivity contribution in [2.75, 3.05) is 20.3 Å². The molecule has 0 saturated heterocycles. The second-order valence-corrected chi connectivity index (χ2v) is 4.10. The lowest BCUT2D eigenvalue weighted by molar-refractivity contribution is -0.122. The zero-order chi connectivity index (χ0) is 13.2. The minimum absolute atomic E-state index is 0.109. The molecule has 1 aromatic heterocycles. The Bertz CT molecular complexity index is 343. The highest BCUT2D eigenvalue weighted by Crippen LogP contribution is 1.96. The summed E-state index contributed by atoms with van der Waals surface area (Å²) in [5, 5.41) is 2.81. The molecule has 0 aliphatic rings. The Hall–Kier alpha value is -1.46. The molecule has 0 aliphatic carbocycles. The van der Waals surface area contributed by atoms with Crippen LogP contribution in [0.1, 0.15) is 18.5 Å². The van der Waals surface area contributed by atoms with Gasteiger partial charge in [-0.25, -0.2) is 0 Å². The molecular formula is C13H21N3O2. The number of methoxy groups -OCH3 is 1. The standard InChI is InChI=1S/C13H21N3O2/c1-18-10-4-6-12(14)13(17)16-9-7-11-5-2-3-8-15-11/h2-3,5,8,12H,4,6-7,9-10,14H2,1H3,(H,16,17). The molecule has 1 aromatic rings. The third-order valence-electron chi connectivity index (χ3n) is 2.61. The van der Waals surface area contributed by atoms with Gasteiger partial charge in [0.15, 0.2) is 0 Å². The largest absolute Gasteiger partial charge is 0.385 e. The molecule has 0 aromatic carbocycles. The fraction of sp³-hybridized carbons (Fsp3) is 0.538. The van der Waals surface area contributed by atoms with E-state index in [-0.39, 0.29) is 5.91 Å². The number of nitrogens with two attached hydrogens (primary N) is 1. The molecule has 0 spiro atoms. The van der Waals surface area contributed by atoms with Crippen LogP contribution in [0.5, 0.6) is 0 Å². The third-order valence-corrected chi connectivity index (χ3v) is 2.61. The summed E-state index contributed by atoms with van der Waals surface area (Å²) in [5.41, 5.74) is 6.72. The molecule has 1 unspecified atom stereocenters. The molecule has 0 radical (unpaired) electrons. The van der Waals surface area contributed by atoms with Gasteiger partial charge in [-0.3, -0.25) is 9.78 Å². The van der Waals surface area contributed by atoms with Crippen molar-refractivity contribution < 1.29 is 9.53 Å². The van der Waals surface area contributed by atoms with Crippen molar-refractivity contribution in [3.8, 4) is 0 Å². The van der Waals surface area contributed by atoms with Crippen LogP contribution in [0.2, 0.25) is 0 Å². The van der Waals surface area contributed by atoms with Gasteiger partial charge in [-0.1, -0.05) is 6.07 Å². The van der Waals surface area contributed by atoms with Crippen molar-refractivity contribution in [3.05, 3.63) is 30.1 Å². The number of rotatable bonds is 8. The lowest BCUT2D eigenvalue weighted by atomic mass is 10.1. The molecule has 1 amide bonds. The SMILES string of the molecule is COCCCC(N)C(=O)NCCc1ccccn1. The van der Waals surface area contributed by atoms with Crippen LogP contribution in [0.3, 0.4) is 0 Å². The van der Waals surface area contributed by atoms with Crippen molar-refractivity contribution >= 4 is 5.91 Å². The van der Waals surface area contributed by atoms with E-state index in [0.29, 0.717) is 19.6 Å². The minimum Gasteiger partial charge on any atom is -0.385 e. The van der Waals surface area contributed by atoms with E-state index in [0.717, 1.165) is 18.5 Å². The Kier molecular flexibility index (Phi) is 6.98. The first-order valence-electron chi connectivity index (χ1n) is 6.16. The van der Waals surface area contributed by atoms with Crippen LogP contribution in [0, 0.1) is 0 Å². The van der Waals surface area contributed by atoms with Crippen LogP contribution < -0.4 is 11.1 Å². The van der Waals surface area contributed by atoms with Gasteiger partial charge in [-0.05, 0) is 25.0 Å². The molecule has 0 bridgehead atoms. The molecule has 100 valence electrons. The first kappa shape index (κ1) is 14.6. The Labute approximate surface area is 108 Å². The summed E-state index contributed by atoms with van der Waals surface area (Å²) in [6, 6.07) is 5.28. The Morgan fingerprint density at radius 2 is 2.39 bits per heavy atom. The van der Waals surface area contributed by atoms with Gasteiger partial charge in [0, 0.05) is 38.6 Å². The second kappa shape index (κ2) is 8.60. The van der Waals surface area contributed by atoms with E-state index in [4.69, 9.17) is 10.5 Å². The fourth-order valence-corrected chi connectivity index (χ4v) is 1.57. The summed E-state index contributed by atoms with van der Waals surface area (Å²) < 4.78 is 4.92. The first-order chi connectivity index (χ1) is 8.74. The summed E-state index contributed by atoms with van der Waals surface area (Å²) in [6.45, 7) is 1.20. The highest BCUT2D eigenvalue weighted by molar-refractivity contribution is 5.81. The highest BCUT2D eigenvalue weighted by atomic mass is 16.5. The number of aromatic nitrogens is 1. The van der Waals surface area contributed by atoms with Gasteiger partial charge in [0.2, 0.25) is 5.91 Å². The lowest BCUT2D eigenvalue weighted by Crippen LogP contribution is -2.41. The van der Waals surface area contributed by atoms with Gasteiger partial charge in [-0.2, -0.15) is 0 Å². The fourth-order valence-electron chi connectivity index (χ4n) is 1.57. The van der Waals surface area contributed by atoms with Crippen LogP contribution in [0.25, 0.3) is 0 Å². The summed E-state index contributed by atoms with van der Waals surface area (Å²) in [6.07, 6.45) is 3.90. The maximum absolute atomic E-state index is 11.6. The number of carbonyl (C=O) groups is 1. The summed E-state index contributed by atoms with van der Waals surface area (Å²) >= 11 is 0. The number of amides is 1. The lowest BCUT2D eigenvalue weighted by Gasteiger charge is -2.11. The summed E-state index contributed by atoms with van der Waals surface area (Å²) in [7, 11) is 1.64. The van der Waals surface area contributed by atoms with E-state index >= 15 is 0 Å². The average Bonchev–Trinajstić information content (AvgIpc) is 2.40. The number of hydrogen-bond donors (Lipinski definition) is 2. The zero-order valence-corrected chi connectivity index (χ0v) is 10.8. The smallest absolute Gasteiger partial charge is 0.236 e. The molecule has 3 N–H and O–H groups in total. The van der Waals surface area contributed by atoms with Crippen molar-refractivity contribution in [1.29, 1.82) is 0 Å². The van der Waals surface area contributed by atoms with Gasteiger partial charge in [0.05, 0.1) is 6.04 Å². The summed E-state index contributed by atoms with van der Waals surface area (Å²) in [5.74, 6) is -0.109. The minimum atomic E-state index is -0.455. The Morgan fingerprint density at radius 1 is 1.56 bits per heavy atom. The number of nitrogens with one attached hydrogen (secondary N) is 1. The molecule has 1 rings (SSSR count). The van der Waals surface area contributed by atoms with Crippen LogP contribution in [0.15, 0.2) is 24.4 Å². The molecule has 1 heterocycles.